The first-order chi connectivity index (χ1) is 6.36. The Hall–Kier alpha value is 0.180. The van der Waals surface area contributed by atoms with E-state index < -0.39 is 0 Å². The van der Waals surface area contributed by atoms with E-state index in [2.05, 4.69) is 33.4 Å². The lowest BCUT2D eigenvalue weighted by atomic mass is 10.0. The van der Waals surface area contributed by atoms with Crippen LogP contribution in [0.25, 0.3) is 0 Å². The smallest absolute Gasteiger partial charge is 0.0174 e. The molecular formula is C11H15BrS. The van der Waals surface area contributed by atoms with Gasteiger partial charge in [-0.3, -0.25) is 0 Å². The van der Waals surface area contributed by atoms with Crippen molar-refractivity contribution < 1.29 is 0 Å². The minimum absolute atomic E-state index is 0.799. The zero-order valence-electron chi connectivity index (χ0n) is 7.71. The Bertz CT molecular complexity index is 243. The van der Waals surface area contributed by atoms with Crippen molar-refractivity contribution in [3.63, 3.8) is 0 Å². The van der Waals surface area contributed by atoms with Gasteiger partial charge in [0.2, 0.25) is 0 Å². The summed E-state index contributed by atoms with van der Waals surface area (Å²) in [5, 5.41) is 2.18. The number of hydrogen-bond donors (Lipinski definition) is 0. The maximum atomic E-state index is 3.77. The number of halogens is 1. The van der Waals surface area contributed by atoms with Gasteiger partial charge < -0.3 is 0 Å². The van der Waals surface area contributed by atoms with Crippen LogP contribution in [-0.4, -0.2) is 4.83 Å². The molecule has 1 saturated carbocycles. The highest BCUT2D eigenvalue weighted by Gasteiger charge is 2.24. The van der Waals surface area contributed by atoms with E-state index in [4.69, 9.17) is 0 Å². The third-order valence-corrected chi connectivity index (χ3v) is 5.05. The van der Waals surface area contributed by atoms with Gasteiger partial charge in [-0.1, -0.05) is 28.4 Å². The summed E-state index contributed by atoms with van der Waals surface area (Å²) in [4.78, 5) is 2.35. The summed E-state index contributed by atoms with van der Waals surface area (Å²) in [6.45, 7) is 0. The average Bonchev–Trinajstić information content (AvgIpc) is 2.72. The third kappa shape index (κ3) is 2.57. The fourth-order valence-electron chi connectivity index (χ4n) is 2.10. The molecule has 0 N–H and O–H groups in total. The van der Waals surface area contributed by atoms with Gasteiger partial charge >= 0.3 is 0 Å². The molecule has 13 heavy (non-hydrogen) atoms. The summed E-state index contributed by atoms with van der Waals surface area (Å²) in [5.74, 6) is 0.932. The molecule has 0 saturated heterocycles. The van der Waals surface area contributed by atoms with E-state index >= 15 is 0 Å². The number of thiophene rings is 1. The number of rotatable bonds is 3. The summed E-state index contributed by atoms with van der Waals surface area (Å²) >= 11 is 5.66. The molecule has 0 spiro atoms. The van der Waals surface area contributed by atoms with Gasteiger partial charge in [0, 0.05) is 9.70 Å². The molecule has 2 heteroatoms. The van der Waals surface area contributed by atoms with Crippen LogP contribution >= 0.6 is 27.3 Å². The van der Waals surface area contributed by atoms with Crippen molar-refractivity contribution in [2.45, 2.75) is 36.9 Å². The molecule has 2 atom stereocenters. The Balaban J connectivity index is 1.79. The summed E-state index contributed by atoms with van der Waals surface area (Å²) in [5.41, 5.74) is 0. The minimum atomic E-state index is 0.799. The van der Waals surface area contributed by atoms with Crippen molar-refractivity contribution in [2.75, 3.05) is 0 Å². The van der Waals surface area contributed by atoms with Crippen LogP contribution in [0, 0.1) is 5.92 Å². The van der Waals surface area contributed by atoms with E-state index in [1.165, 1.54) is 32.1 Å². The maximum Gasteiger partial charge on any atom is 0.0174 e. The Morgan fingerprint density at radius 1 is 1.46 bits per heavy atom. The Kier molecular flexibility index (Phi) is 3.45. The van der Waals surface area contributed by atoms with Gasteiger partial charge in [0.1, 0.15) is 0 Å². The molecule has 2 rings (SSSR count). The van der Waals surface area contributed by atoms with Crippen LogP contribution in [0.4, 0.5) is 0 Å². The van der Waals surface area contributed by atoms with E-state index in [0.29, 0.717) is 0 Å². The number of aryl methyl sites for hydroxylation is 1. The topological polar surface area (TPSA) is 0 Å². The Morgan fingerprint density at radius 3 is 3.00 bits per heavy atom. The van der Waals surface area contributed by atoms with Gasteiger partial charge in [0.05, 0.1) is 0 Å². The minimum Gasteiger partial charge on any atom is -0.149 e. The second-order valence-electron chi connectivity index (χ2n) is 3.83. The lowest BCUT2D eigenvalue weighted by Crippen LogP contribution is -2.06. The zero-order chi connectivity index (χ0) is 9.10. The van der Waals surface area contributed by atoms with Crippen molar-refractivity contribution >= 4 is 27.3 Å². The van der Waals surface area contributed by atoms with E-state index in [9.17, 15) is 0 Å². The van der Waals surface area contributed by atoms with Crippen molar-refractivity contribution in [3.8, 4) is 0 Å². The molecule has 1 aromatic rings. The lowest BCUT2D eigenvalue weighted by Gasteiger charge is -2.12. The molecule has 0 aliphatic heterocycles. The van der Waals surface area contributed by atoms with Gasteiger partial charge in [-0.25, -0.2) is 0 Å². The van der Waals surface area contributed by atoms with Crippen molar-refractivity contribution in [1.29, 1.82) is 0 Å². The fourth-order valence-corrected chi connectivity index (χ4v) is 3.68. The molecule has 0 amide bonds. The highest BCUT2D eigenvalue weighted by atomic mass is 79.9. The van der Waals surface area contributed by atoms with E-state index in [1.807, 2.05) is 11.3 Å². The molecule has 2 unspecified atom stereocenters. The molecular weight excluding hydrogens is 244 g/mol. The molecule has 1 aromatic heterocycles. The molecule has 0 radical (unpaired) electrons. The SMILES string of the molecule is BrC1CCCC1CCc1cccs1. The Morgan fingerprint density at radius 2 is 2.38 bits per heavy atom. The second kappa shape index (κ2) is 4.61. The molecule has 1 heterocycles. The standard InChI is InChI=1S/C11H15BrS/c12-11-5-1-3-9(11)6-7-10-4-2-8-13-10/h2,4,8-9,11H,1,3,5-7H2. The summed E-state index contributed by atoms with van der Waals surface area (Å²) in [7, 11) is 0. The second-order valence-corrected chi connectivity index (χ2v) is 6.03. The van der Waals surface area contributed by atoms with Crippen LogP contribution in [0.2, 0.25) is 0 Å². The molecule has 72 valence electrons. The summed E-state index contributed by atoms with van der Waals surface area (Å²) < 4.78 is 0. The molecule has 0 bridgehead atoms. The quantitative estimate of drug-likeness (QED) is 0.712. The van der Waals surface area contributed by atoms with Crippen LogP contribution in [0.1, 0.15) is 30.6 Å². The molecule has 1 aliphatic rings. The summed E-state index contributed by atoms with van der Waals surface area (Å²) in [6.07, 6.45) is 6.89. The summed E-state index contributed by atoms with van der Waals surface area (Å²) in [6, 6.07) is 4.41. The van der Waals surface area contributed by atoms with Crippen molar-refractivity contribution in [1.82, 2.24) is 0 Å². The van der Waals surface area contributed by atoms with E-state index in [1.54, 1.807) is 4.88 Å². The molecule has 1 aliphatic carbocycles. The first-order valence-corrected chi connectivity index (χ1v) is 6.82. The zero-order valence-corrected chi connectivity index (χ0v) is 10.1. The molecule has 0 nitrogen and oxygen atoms in total. The largest absolute Gasteiger partial charge is 0.149 e. The van der Waals surface area contributed by atoms with Crippen molar-refractivity contribution in [3.05, 3.63) is 22.4 Å². The predicted octanol–water partition coefficient (Wildman–Crippen LogP) is 4.24. The van der Waals surface area contributed by atoms with Gasteiger partial charge in [-0.15, -0.1) is 11.3 Å². The first kappa shape index (κ1) is 9.72. The monoisotopic (exact) mass is 258 g/mol. The Labute approximate surface area is 92.5 Å². The predicted molar refractivity (Wildman–Crippen MR) is 62.7 cm³/mol. The van der Waals surface area contributed by atoms with E-state index in [0.717, 1.165) is 10.7 Å². The van der Waals surface area contributed by atoms with Crippen LogP contribution in [-0.2, 0) is 6.42 Å². The number of alkyl halides is 1. The first-order valence-electron chi connectivity index (χ1n) is 5.03. The van der Waals surface area contributed by atoms with Crippen molar-refractivity contribution in [2.24, 2.45) is 5.92 Å². The van der Waals surface area contributed by atoms with Crippen LogP contribution in [0.5, 0.6) is 0 Å². The highest BCUT2D eigenvalue weighted by molar-refractivity contribution is 9.09. The fraction of sp³-hybridized carbons (Fsp3) is 0.636. The van der Waals surface area contributed by atoms with Crippen LogP contribution < -0.4 is 0 Å². The maximum absolute atomic E-state index is 3.77. The number of hydrogen-bond acceptors (Lipinski definition) is 1. The highest BCUT2D eigenvalue weighted by Crippen LogP contribution is 2.34. The molecule has 1 fully saturated rings. The van der Waals surface area contributed by atoms with E-state index in [-0.39, 0.29) is 0 Å². The van der Waals surface area contributed by atoms with Crippen LogP contribution in [0.15, 0.2) is 17.5 Å². The molecule has 0 aromatic carbocycles. The average molecular weight is 259 g/mol. The van der Waals surface area contributed by atoms with Gasteiger partial charge in [0.15, 0.2) is 0 Å². The normalized spacial score (nSPS) is 28.1. The third-order valence-electron chi connectivity index (χ3n) is 2.91. The van der Waals surface area contributed by atoms with Gasteiger partial charge in [-0.2, -0.15) is 0 Å². The van der Waals surface area contributed by atoms with Gasteiger partial charge in [0.25, 0.3) is 0 Å². The van der Waals surface area contributed by atoms with Crippen LogP contribution in [0.3, 0.4) is 0 Å². The van der Waals surface area contributed by atoms with Gasteiger partial charge in [-0.05, 0) is 43.0 Å². The lowest BCUT2D eigenvalue weighted by molar-refractivity contribution is 0.520.